The summed E-state index contributed by atoms with van der Waals surface area (Å²) >= 11 is 0. The van der Waals surface area contributed by atoms with E-state index < -0.39 is 11.0 Å². The molecule has 0 aromatic heterocycles. The molecule has 2 N–H and O–H groups in total. The van der Waals surface area contributed by atoms with Gasteiger partial charge in [-0.1, -0.05) is 6.07 Å². The van der Waals surface area contributed by atoms with Crippen molar-refractivity contribution in [3.05, 3.63) is 33.9 Å². The van der Waals surface area contributed by atoms with Crippen molar-refractivity contribution < 1.29 is 14.5 Å². The zero-order valence-electron chi connectivity index (χ0n) is 14.7. The third kappa shape index (κ3) is 6.93. The highest BCUT2D eigenvalue weighted by Gasteiger charge is 2.14. The van der Waals surface area contributed by atoms with E-state index in [9.17, 15) is 14.9 Å². The van der Waals surface area contributed by atoms with E-state index in [-0.39, 0.29) is 11.8 Å². The van der Waals surface area contributed by atoms with Crippen LogP contribution in [0, 0.1) is 17.0 Å². The Bertz CT molecular complexity index is 563. The molecule has 1 aromatic rings. The molecule has 134 valence electrons. The first-order valence-electron chi connectivity index (χ1n) is 7.89. The van der Waals surface area contributed by atoms with Crippen molar-refractivity contribution in [2.75, 3.05) is 39.1 Å². The van der Waals surface area contributed by atoms with Crippen LogP contribution in [-0.4, -0.2) is 55.8 Å². The van der Waals surface area contributed by atoms with E-state index in [1.54, 1.807) is 19.1 Å². The third-order valence-corrected chi connectivity index (χ3v) is 3.45. The van der Waals surface area contributed by atoms with Crippen molar-refractivity contribution in [3.8, 4) is 0 Å². The number of nitrogens with one attached hydrogen (secondary N) is 2. The SMILES string of the molecule is CCO[C@@H](CCN(C)C)CNC(=O)Nc1ccc(C)c([N+](=O)[O-])c1. The molecule has 1 aromatic carbocycles. The molecule has 0 fully saturated rings. The van der Waals surface area contributed by atoms with Crippen LogP contribution in [0.2, 0.25) is 0 Å². The highest BCUT2D eigenvalue weighted by atomic mass is 16.6. The standard InChI is InChI=1S/C16H26N4O4/c1-5-24-14(8-9-19(3)4)11-17-16(21)18-13-7-6-12(2)15(10-13)20(22)23/h6-7,10,14H,5,8-9,11H2,1-4H3,(H2,17,18,21)/t14-/m0/s1. The van der Waals surface area contributed by atoms with Crippen LogP contribution >= 0.6 is 0 Å². The minimum atomic E-state index is -0.467. The second-order valence-corrected chi connectivity index (χ2v) is 5.76. The van der Waals surface area contributed by atoms with Gasteiger partial charge in [0.05, 0.1) is 11.0 Å². The molecule has 0 aliphatic carbocycles. The molecule has 0 saturated heterocycles. The largest absolute Gasteiger partial charge is 0.377 e. The van der Waals surface area contributed by atoms with Crippen LogP contribution in [0.4, 0.5) is 16.2 Å². The Balaban J connectivity index is 2.55. The Morgan fingerprint density at radius 3 is 2.71 bits per heavy atom. The molecule has 24 heavy (non-hydrogen) atoms. The molecule has 0 bridgehead atoms. The van der Waals surface area contributed by atoms with Crippen molar-refractivity contribution in [1.82, 2.24) is 10.2 Å². The zero-order valence-corrected chi connectivity index (χ0v) is 14.7. The fourth-order valence-electron chi connectivity index (χ4n) is 2.15. The number of amides is 2. The van der Waals surface area contributed by atoms with E-state index in [0.29, 0.717) is 24.4 Å². The number of nitro benzene ring substituents is 1. The van der Waals surface area contributed by atoms with Gasteiger partial charge in [0, 0.05) is 37.0 Å². The number of nitro groups is 1. The van der Waals surface area contributed by atoms with Crippen LogP contribution in [0.1, 0.15) is 18.9 Å². The lowest BCUT2D eigenvalue weighted by molar-refractivity contribution is -0.385. The van der Waals surface area contributed by atoms with Crippen molar-refractivity contribution in [3.63, 3.8) is 0 Å². The van der Waals surface area contributed by atoms with Gasteiger partial charge in [0.1, 0.15) is 0 Å². The molecular formula is C16H26N4O4. The summed E-state index contributed by atoms with van der Waals surface area (Å²) in [6, 6.07) is 4.17. The Hall–Kier alpha value is -2.19. The number of aryl methyl sites for hydroxylation is 1. The first kappa shape index (κ1) is 19.9. The first-order valence-corrected chi connectivity index (χ1v) is 7.89. The van der Waals surface area contributed by atoms with Crippen LogP contribution in [0.25, 0.3) is 0 Å². The lowest BCUT2D eigenvalue weighted by Crippen LogP contribution is -2.37. The number of hydrogen-bond acceptors (Lipinski definition) is 5. The predicted octanol–water partition coefficient (Wildman–Crippen LogP) is 2.38. The van der Waals surface area contributed by atoms with Gasteiger partial charge >= 0.3 is 6.03 Å². The fraction of sp³-hybridized carbons (Fsp3) is 0.562. The number of carbonyl (C=O) groups excluding carboxylic acids is 1. The van der Waals surface area contributed by atoms with Crippen molar-refractivity contribution >= 4 is 17.4 Å². The fourth-order valence-corrected chi connectivity index (χ4v) is 2.15. The minimum absolute atomic E-state index is 0.0222. The number of carbonyl (C=O) groups is 1. The molecule has 0 heterocycles. The van der Waals surface area contributed by atoms with E-state index >= 15 is 0 Å². The Morgan fingerprint density at radius 2 is 2.12 bits per heavy atom. The summed E-state index contributed by atoms with van der Waals surface area (Å²) in [7, 11) is 3.96. The number of hydrogen-bond donors (Lipinski definition) is 2. The third-order valence-electron chi connectivity index (χ3n) is 3.45. The predicted molar refractivity (Wildman–Crippen MR) is 93.4 cm³/mol. The number of anilines is 1. The van der Waals surface area contributed by atoms with E-state index in [4.69, 9.17) is 4.74 Å². The summed E-state index contributed by atoms with van der Waals surface area (Å²) < 4.78 is 5.60. The molecule has 0 saturated carbocycles. The molecule has 1 atom stereocenters. The van der Waals surface area contributed by atoms with Crippen LogP contribution in [-0.2, 0) is 4.74 Å². The molecule has 8 heteroatoms. The molecular weight excluding hydrogens is 312 g/mol. The maximum atomic E-state index is 12.0. The molecule has 0 aliphatic rings. The maximum absolute atomic E-state index is 12.0. The number of ether oxygens (including phenoxy) is 1. The molecule has 0 aliphatic heterocycles. The van der Waals surface area contributed by atoms with Crippen LogP contribution < -0.4 is 10.6 Å². The number of nitrogens with zero attached hydrogens (tertiary/aromatic N) is 2. The first-order chi connectivity index (χ1) is 11.3. The maximum Gasteiger partial charge on any atom is 0.319 e. The molecule has 0 unspecified atom stereocenters. The quantitative estimate of drug-likeness (QED) is 0.532. The average molecular weight is 338 g/mol. The summed E-state index contributed by atoms with van der Waals surface area (Å²) in [5.41, 5.74) is 0.906. The molecule has 0 spiro atoms. The van der Waals surface area contributed by atoms with Crippen LogP contribution in [0.15, 0.2) is 18.2 Å². The lowest BCUT2D eigenvalue weighted by atomic mass is 10.2. The highest BCUT2D eigenvalue weighted by Crippen LogP contribution is 2.22. The normalized spacial score (nSPS) is 12.0. The molecule has 0 radical (unpaired) electrons. The van der Waals surface area contributed by atoms with Gasteiger partial charge in [0.15, 0.2) is 0 Å². The minimum Gasteiger partial charge on any atom is -0.377 e. The summed E-state index contributed by atoms with van der Waals surface area (Å²) in [4.78, 5) is 24.5. The van der Waals surface area contributed by atoms with E-state index in [1.807, 2.05) is 21.0 Å². The van der Waals surface area contributed by atoms with Gasteiger partial charge in [-0.05, 0) is 40.4 Å². The number of rotatable bonds is 9. The summed E-state index contributed by atoms with van der Waals surface area (Å²) in [5, 5.41) is 16.3. The van der Waals surface area contributed by atoms with Crippen molar-refractivity contribution in [2.24, 2.45) is 0 Å². The smallest absolute Gasteiger partial charge is 0.319 e. The number of benzene rings is 1. The van der Waals surface area contributed by atoms with Gasteiger partial charge in [0.25, 0.3) is 5.69 Å². The van der Waals surface area contributed by atoms with Crippen molar-refractivity contribution in [1.29, 1.82) is 0 Å². The lowest BCUT2D eigenvalue weighted by Gasteiger charge is -2.20. The molecule has 1 rings (SSSR count). The van der Waals surface area contributed by atoms with Gasteiger partial charge < -0.3 is 20.3 Å². The van der Waals surface area contributed by atoms with Gasteiger partial charge in [-0.15, -0.1) is 0 Å². The van der Waals surface area contributed by atoms with E-state index in [2.05, 4.69) is 15.5 Å². The second-order valence-electron chi connectivity index (χ2n) is 5.76. The van der Waals surface area contributed by atoms with E-state index in [0.717, 1.165) is 13.0 Å². The second kappa shape index (κ2) is 9.84. The van der Waals surface area contributed by atoms with Crippen LogP contribution in [0.3, 0.4) is 0 Å². The van der Waals surface area contributed by atoms with Gasteiger partial charge in [-0.2, -0.15) is 0 Å². The monoisotopic (exact) mass is 338 g/mol. The molecule has 8 nitrogen and oxygen atoms in total. The zero-order chi connectivity index (χ0) is 18.1. The summed E-state index contributed by atoms with van der Waals surface area (Å²) in [5.74, 6) is 0. The van der Waals surface area contributed by atoms with Crippen molar-refractivity contribution in [2.45, 2.75) is 26.4 Å². The van der Waals surface area contributed by atoms with E-state index in [1.165, 1.54) is 6.07 Å². The van der Waals surface area contributed by atoms with Crippen LogP contribution in [0.5, 0.6) is 0 Å². The highest BCUT2D eigenvalue weighted by molar-refractivity contribution is 5.89. The number of urea groups is 1. The summed E-state index contributed by atoms with van der Waals surface area (Å²) in [6.07, 6.45) is 0.729. The van der Waals surface area contributed by atoms with Gasteiger partial charge in [-0.25, -0.2) is 4.79 Å². The Kier molecular flexibility index (Phi) is 8.14. The molecule has 2 amide bonds. The Labute approximate surface area is 142 Å². The van der Waals surface area contributed by atoms with Gasteiger partial charge in [-0.3, -0.25) is 10.1 Å². The summed E-state index contributed by atoms with van der Waals surface area (Å²) in [6.45, 7) is 5.37. The average Bonchev–Trinajstić information content (AvgIpc) is 2.51. The Morgan fingerprint density at radius 1 is 1.42 bits per heavy atom. The topological polar surface area (TPSA) is 96.7 Å². The van der Waals surface area contributed by atoms with Gasteiger partial charge in [0.2, 0.25) is 0 Å².